The molecular weight excluding hydrogens is 299 g/mol. The molecular formula is C14H14Cl2N2O2. The lowest BCUT2D eigenvalue weighted by molar-refractivity contribution is 0.347. The molecule has 6 heteroatoms. The number of hydrogen-bond donors (Lipinski definition) is 2. The van der Waals surface area contributed by atoms with Crippen molar-refractivity contribution in [1.82, 2.24) is 0 Å². The molecule has 3 N–H and O–H groups in total. The number of halogens is 2. The predicted octanol–water partition coefficient (Wildman–Crippen LogP) is 4.03. The number of rotatable bonds is 5. The zero-order valence-corrected chi connectivity index (χ0v) is 12.3. The van der Waals surface area contributed by atoms with Crippen LogP contribution in [-0.4, -0.2) is 13.8 Å². The normalized spacial score (nSPS) is 10.2. The lowest BCUT2D eigenvalue weighted by Gasteiger charge is -2.13. The van der Waals surface area contributed by atoms with Crippen LogP contribution in [0.1, 0.15) is 0 Å². The standard InChI is InChI=1S/C14H14Cl2N2O2/c1-19-13-5-3-9(15)6-12(13)18-8-20-14-7-10(16)2-4-11(14)17/h2-7,18H,8,17H2,1H3. The molecule has 0 aliphatic carbocycles. The number of nitrogen functional groups attached to an aromatic ring is 1. The predicted molar refractivity (Wildman–Crippen MR) is 83.0 cm³/mol. The summed E-state index contributed by atoms with van der Waals surface area (Å²) in [7, 11) is 1.59. The highest BCUT2D eigenvalue weighted by Gasteiger charge is 2.05. The molecule has 0 aliphatic rings. The third-order valence-corrected chi connectivity index (χ3v) is 3.10. The van der Waals surface area contributed by atoms with E-state index in [-0.39, 0.29) is 6.73 Å². The van der Waals surface area contributed by atoms with Gasteiger partial charge in [0.15, 0.2) is 6.73 Å². The number of anilines is 2. The number of nitrogens with two attached hydrogens (primary N) is 1. The Morgan fingerprint density at radius 2 is 1.75 bits per heavy atom. The minimum absolute atomic E-state index is 0.210. The number of benzene rings is 2. The van der Waals surface area contributed by atoms with Gasteiger partial charge >= 0.3 is 0 Å². The molecule has 0 fully saturated rings. The summed E-state index contributed by atoms with van der Waals surface area (Å²) in [6.07, 6.45) is 0. The first-order chi connectivity index (χ1) is 9.60. The average molecular weight is 313 g/mol. The van der Waals surface area contributed by atoms with E-state index in [0.717, 1.165) is 5.69 Å². The van der Waals surface area contributed by atoms with Gasteiger partial charge in [0.25, 0.3) is 0 Å². The van der Waals surface area contributed by atoms with Crippen LogP contribution in [0.25, 0.3) is 0 Å². The molecule has 106 valence electrons. The maximum absolute atomic E-state index is 5.94. The fourth-order valence-electron chi connectivity index (χ4n) is 1.64. The second-order valence-corrected chi connectivity index (χ2v) is 4.87. The molecule has 0 aliphatic heterocycles. The first kappa shape index (κ1) is 14.6. The molecule has 0 saturated carbocycles. The molecule has 0 atom stereocenters. The Kier molecular flexibility index (Phi) is 4.82. The van der Waals surface area contributed by atoms with Crippen molar-refractivity contribution >= 4 is 34.6 Å². The highest BCUT2D eigenvalue weighted by Crippen LogP contribution is 2.28. The monoisotopic (exact) mass is 312 g/mol. The van der Waals surface area contributed by atoms with Crippen LogP contribution in [0.4, 0.5) is 11.4 Å². The van der Waals surface area contributed by atoms with E-state index < -0.39 is 0 Å². The zero-order chi connectivity index (χ0) is 14.5. The molecule has 0 amide bonds. The third kappa shape index (κ3) is 3.62. The summed E-state index contributed by atoms with van der Waals surface area (Å²) in [5, 5.41) is 4.24. The van der Waals surface area contributed by atoms with Gasteiger partial charge in [-0.3, -0.25) is 0 Å². The molecule has 4 nitrogen and oxygen atoms in total. The minimum atomic E-state index is 0.210. The van der Waals surface area contributed by atoms with Crippen molar-refractivity contribution in [2.24, 2.45) is 0 Å². The topological polar surface area (TPSA) is 56.5 Å². The van der Waals surface area contributed by atoms with Crippen molar-refractivity contribution in [1.29, 1.82) is 0 Å². The Morgan fingerprint density at radius 3 is 2.50 bits per heavy atom. The van der Waals surface area contributed by atoms with Gasteiger partial charge in [-0.05, 0) is 30.3 Å². The Hall–Kier alpha value is -1.78. The van der Waals surface area contributed by atoms with Crippen molar-refractivity contribution in [3.63, 3.8) is 0 Å². The molecule has 2 aromatic carbocycles. The number of ether oxygens (including phenoxy) is 2. The van der Waals surface area contributed by atoms with E-state index in [2.05, 4.69) is 5.32 Å². The van der Waals surface area contributed by atoms with E-state index in [1.807, 2.05) is 0 Å². The van der Waals surface area contributed by atoms with Crippen molar-refractivity contribution < 1.29 is 9.47 Å². The lowest BCUT2D eigenvalue weighted by Crippen LogP contribution is -2.10. The molecule has 0 heterocycles. The summed E-state index contributed by atoms with van der Waals surface area (Å²) in [6, 6.07) is 10.3. The molecule has 20 heavy (non-hydrogen) atoms. The summed E-state index contributed by atoms with van der Waals surface area (Å²) in [6.45, 7) is 0.210. The van der Waals surface area contributed by atoms with Crippen molar-refractivity contribution in [2.75, 3.05) is 24.9 Å². The van der Waals surface area contributed by atoms with Crippen LogP contribution in [0.15, 0.2) is 36.4 Å². The van der Waals surface area contributed by atoms with Crippen molar-refractivity contribution in [2.45, 2.75) is 0 Å². The summed E-state index contributed by atoms with van der Waals surface area (Å²) in [4.78, 5) is 0. The number of nitrogens with one attached hydrogen (secondary N) is 1. The van der Waals surface area contributed by atoms with Crippen LogP contribution in [0.5, 0.6) is 11.5 Å². The fourth-order valence-corrected chi connectivity index (χ4v) is 1.98. The van der Waals surface area contributed by atoms with Crippen LogP contribution in [0.2, 0.25) is 10.0 Å². The maximum Gasteiger partial charge on any atom is 0.159 e. The molecule has 0 radical (unpaired) electrons. The maximum atomic E-state index is 5.94. The first-order valence-corrected chi connectivity index (χ1v) is 6.61. The molecule has 0 spiro atoms. The molecule has 0 aromatic heterocycles. The van der Waals surface area contributed by atoms with Gasteiger partial charge in [-0.15, -0.1) is 0 Å². The highest BCUT2D eigenvalue weighted by atomic mass is 35.5. The smallest absolute Gasteiger partial charge is 0.159 e. The van der Waals surface area contributed by atoms with Gasteiger partial charge in [-0.25, -0.2) is 0 Å². The summed E-state index contributed by atoms with van der Waals surface area (Å²) >= 11 is 11.8. The number of hydrogen-bond acceptors (Lipinski definition) is 4. The quantitative estimate of drug-likeness (QED) is 0.646. The lowest BCUT2D eigenvalue weighted by atomic mass is 10.3. The summed E-state index contributed by atoms with van der Waals surface area (Å²) in [5.74, 6) is 1.20. The van der Waals surface area contributed by atoms with Gasteiger partial charge in [-0.1, -0.05) is 23.2 Å². The van der Waals surface area contributed by atoms with Gasteiger partial charge < -0.3 is 20.5 Å². The largest absolute Gasteiger partial charge is 0.495 e. The minimum Gasteiger partial charge on any atom is -0.495 e. The Balaban J connectivity index is 2.02. The average Bonchev–Trinajstić information content (AvgIpc) is 2.43. The van der Waals surface area contributed by atoms with E-state index in [1.165, 1.54) is 0 Å². The van der Waals surface area contributed by atoms with E-state index in [9.17, 15) is 0 Å². The Labute approximate surface area is 127 Å². The van der Waals surface area contributed by atoms with Crippen LogP contribution in [0.3, 0.4) is 0 Å². The van der Waals surface area contributed by atoms with Crippen molar-refractivity contribution in [3.05, 3.63) is 46.4 Å². The van der Waals surface area contributed by atoms with Gasteiger partial charge in [0.05, 0.1) is 18.5 Å². The molecule has 0 bridgehead atoms. The SMILES string of the molecule is COc1ccc(Cl)cc1NCOc1cc(Cl)ccc1N. The highest BCUT2D eigenvalue weighted by molar-refractivity contribution is 6.31. The third-order valence-electron chi connectivity index (χ3n) is 2.63. The molecule has 0 saturated heterocycles. The fraction of sp³-hybridized carbons (Fsp3) is 0.143. The molecule has 2 rings (SSSR count). The molecule has 0 unspecified atom stereocenters. The van der Waals surface area contributed by atoms with Gasteiger partial charge in [0.2, 0.25) is 0 Å². The Morgan fingerprint density at radius 1 is 1.05 bits per heavy atom. The second-order valence-electron chi connectivity index (χ2n) is 3.99. The van der Waals surface area contributed by atoms with E-state index in [1.54, 1.807) is 43.5 Å². The summed E-state index contributed by atoms with van der Waals surface area (Å²) < 4.78 is 10.8. The van der Waals surface area contributed by atoms with E-state index in [0.29, 0.717) is 27.2 Å². The first-order valence-electron chi connectivity index (χ1n) is 5.85. The van der Waals surface area contributed by atoms with E-state index in [4.69, 9.17) is 38.4 Å². The van der Waals surface area contributed by atoms with E-state index >= 15 is 0 Å². The second kappa shape index (κ2) is 6.59. The Bertz CT molecular complexity index is 606. The summed E-state index contributed by atoms with van der Waals surface area (Å²) in [5.41, 5.74) is 7.05. The molecule has 2 aromatic rings. The van der Waals surface area contributed by atoms with Crippen LogP contribution < -0.4 is 20.5 Å². The zero-order valence-electron chi connectivity index (χ0n) is 10.8. The van der Waals surface area contributed by atoms with Crippen LogP contribution in [-0.2, 0) is 0 Å². The van der Waals surface area contributed by atoms with Crippen LogP contribution >= 0.6 is 23.2 Å². The van der Waals surface area contributed by atoms with Gasteiger partial charge in [0, 0.05) is 16.1 Å². The van der Waals surface area contributed by atoms with Crippen LogP contribution in [0, 0.1) is 0 Å². The van der Waals surface area contributed by atoms with Gasteiger partial charge in [0.1, 0.15) is 11.5 Å². The number of methoxy groups -OCH3 is 1. The van der Waals surface area contributed by atoms with Crippen molar-refractivity contribution in [3.8, 4) is 11.5 Å². The van der Waals surface area contributed by atoms with Gasteiger partial charge in [-0.2, -0.15) is 0 Å².